The van der Waals surface area contributed by atoms with E-state index in [-0.39, 0.29) is 5.69 Å². The smallest absolute Gasteiger partial charge is 0.350 e. The average Bonchev–Trinajstić information content (AvgIpc) is 2.72. The molecule has 0 unspecified atom stereocenters. The van der Waals surface area contributed by atoms with Gasteiger partial charge in [0, 0.05) is 16.9 Å². The second-order valence-corrected chi connectivity index (χ2v) is 4.63. The van der Waals surface area contributed by atoms with Gasteiger partial charge in [-0.25, -0.2) is 9.48 Å². The highest BCUT2D eigenvalue weighted by Gasteiger charge is 2.08. The van der Waals surface area contributed by atoms with Crippen molar-refractivity contribution >= 4 is 22.9 Å². The van der Waals surface area contributed by atoms with Gasteiger partial charge in [0.25, 0.3) is 0 Å². The molecule has 6 heteroatoms. The molecule has 2 aromatic heterocycles. The summed E-state index contributed by atoms with van der Waals surface area (Å²) in [4.78, 5) is 12.1. The first kappa shape index (κ1) is 11.8. The number of fused-ring (bicyclic) bond motifs is 1. The minimum Gasteiger partial charge on any atom is -0.399 e. The third-order valence-electron chi connectivity index (χ3n) is 2.88. The molecule has 0 radical (unpaired) electrons. The largest absolute Gasteiger partial charge is 0.399 e. The first-order valence-corrected chi connectivity index (χ1v) is 6.11. The summed E-state index contributed by atoms with van der Waals surface area (Å²) >= 11 is 6.09. The van der Waals surface area contributed by atoms with E-state index in [9.17, 15) is 4.79 Å². The number of benzene rings is 1. The van der Waals surface area contributed by atoms with Crippen molar-refractivity contribution in [2.75, 3.05) is 5.73 Å². The zero-order chi connectivity index (χ0) is 13.4. The fourth-order valence-corrected chi connectivity index (χ4v) is 2.13. The molecule has 0 fully saturated rings. The van der Waals surface area contributed by atoms with Crippen molar-refractivity contribution in [3.8, 4) is 0 Å². The molecule has 0 saturated heterocycles. The van der Waals surface area contributed by atoms with Gasteiger partial charge in [0.2, 0.25) is 0 Å². The van der Waals surface area contributed by atoms with Crippen molar-refractivity contribution in [2.45, 2.75) is 6.54 Å². The molecule has 2 heterocycles. The third-order valence-corrected chi connectivity index (χ3v) is 3.25. The van der Waals surface area contributed by atoms with Gasteiger partial charge in [0.15, 0.2) is 5.65 Å². The van der Waals surface area contributed by atoms with E-state index in [4.69, 9.17) is 17.3 Å². The number of nitrogen functional groups attached to an aromatic ring is 1. The number of anilines is 1. The number of nitrogens with zero attached hydrogens (tertiary/aromatic N) is 3. The summed E-state index contributed by atoms with van der Waals surface area (Å²) in [5.74, 6) is 0. The maximum atomic E-state index is 12.1. The van der Waals surface area contributed by atoms with Gasteiger partial charge in [0.05, 0.1) is 6.54 Å². The van der Waals surface area contributed by atoms with Crippen LogP contribution in [-0.4, -0.2) is 14.2 Å². The molecule has 0 atom stereocenters. The Kier molecular flexibility index (Phi) is 2.76. The SMILES string of the molecule is Nc1ccc(Cl)c(Cn2nc3ccccn3c2=O)c1. The van der Waals surface area contributed by atoms with Gasteiger partial charge in [-0.05, 0) is 35.9 Å². The maximum absolute atomic E-state index is 12.1. The van der Waals surface area contributed by atoms with Gasteiger partial charge in [-0.1, -0.05) is 17.7 Å². The molecular formula is C13H11ClN4O. The van der Waals surface area contributed by atoms with E-state index in [1.165, 1.54) is 9.08 Å². The van der Waals surface area contributed by atoms with Crippen molar-refractivity contribution in [2.24, 2.45) is 0 Å². The predicted octanol–water partition coefficient (Wildman–Crippen LogP) is 1.78. The van der Waals surface area contributed by atoms with Gasteiger partial charge in [-0.2, -0.15) is 0 Å². The molecular weight excluding hydrogens is 264 g/mol. The quantitative estimate of drug-likeness (QED) is 0.725. The minimum absolute atomic E-state index is 0.200. The zero-order valence-corrected chi connectivity index (χ0v) is 10.7. The molecule has 0 spiro atoms. The Hall–Kier alpha value is -2.27. The topological polar surface area (TPSA) is 65.3 Å². The van der Waals surface area contributed by atoms with E-state index in [1.54, 1.807) is 36.5 Å². The first-order chi connectivity index (χ1) is 9.15. The lowest BCUT2D eigenvalue weighted by Gasteiger charge is -2.04. The zero-order valence-electron chi connectivity index (χ0n) is 9.95. The fraction of sp³-hybridized carbons (Fsp3) is 0.0769. The number of pyridine rings is 1. The van der Waals surface area contributed by atoms with Crippen LogP contribution in [0.3, 0.4) is 0 Å². The molecule has 1 aromatic carbocycles. The van der Waals surface area contributed by atoms with Crippen molar-refractivity contribution in [1.82, 2.24) is 14.2 Å². The second-order valence-electron chi connectivity index (χ2n) is 4.22. The number of hydrogen-bond donors (Lipinski definition) is 1. The van der Waals surface area contributed by atoms with Gasteiger partial charge >= 0.3 is 5.69 Å². The van der Waals surface area contributed by atoms with Gasteiger partial charge < -0.3 is 5.73 Å². The Balaban J connectivity index is 2.08. The van der Waals surface area contributed by atoms with E-state index in [1.807, 2.05) is 6.07 Å². The number of rotatable bonds is 2. The minimum atomic E-state index is -0.200. The fourth-order valence-electron chi connectivity index (χ4n) is 1.95. The van der Waals surface area contributed by atoms with Crippen LogP contribution >= 0.6 is 11.6 Å². The average molecular weight is 275 g/mol. The number of hydrogen-bond acceptors (Lipinski definition) is 3. The Bertz CT molecular complexity index is 806. The molecule has 96 valence electrons. The van der Waals surface area contributed by atoms with Crippen LogP contribution in [0.25, 0.3) is 5.65 Å². The van der Waals surface area contributed by atoms with Crippen LogP contribution in [0.15, 0.2) is 47.4 Å². The molecule has 5 nitrogen and oxygen atoms in total. The lowest BCUT2D eigenvalue weighted by Crippen LogP contribution is -2.21. The van der Waals surface area contributed by atoms with E-state index < -0.39 is 0 Å². The van der Waals surface area contributed by atoms with E-state index in [0.29, 0.717) is 22.9 Å². The van der Waals surface area contributed by atoms with E-state index in [2.05, 4.69) is 5.10 Å². The van der Waals surface area contributed by atoms with Crippen LogP contribution in [0.1, 0.15) is 5.56 Å². The molecule has 3 aromatic rings. The number of aromatic nitrogens is 3. The molecule has 2 N–H and O–H groups in total. The van der Waals surface area contributed by atoms with Crippen molar-refractivity contribution < 1.29 is 0 Å². The van der Waals surface area contributed by atoms with Crippen LogP contribution in [0.2, 0.25) is 5.02 Å². The molecule has 0 saturated carbocycles. The molecule has 0 amide bonds. The highest BCUT2D eigenvalue weighted by molar-refractivity contribution is 6.31. The Labute approximate surface area is 113 Å². The molecule has 0 aliphatic rings. The lowest BCUT2D eigenvalue weighted by molar-refractivity contribution is 0.659. The van der Waals surface area contributed by atoms with Crippen LogP contribution in [0.5, 0.6) is 0 Å². The van der Waals surface area contributed by atoms with Crippen LogP contribution in [-0.2, 0) is 6.54 Å². The third kappa shape index (κ3) is 2.08. The Morgan fingerprint density at radius 3 is 2.89 bits per heavy atom. The number of halogens is 1. The van der Waals surface area contributed by atoms with E-state index >= 15 is 0 Å². The van der Waals surface area contributed by atoms with Crippen LogP contribution < -0.4 is 11.4 Å². The van der Waals surface area contributed by atoms with Gasteiger partial charge in [-0.15, -0.1) is 5.10 Å². The second kappa shape index (κ2) is 4.44. The molecule has 3 rings (SSSR count). The Morgan fingerprint density at radius 2 is 2.11 bits per heavy atom. The summed E-state index contributed by atoms with van der Waals surface area (Å²) in [7, 11) is 0. The summed E-state index contributed by atoms with van der Waals surface area (Å²) in [6.45, 7) is 0.296. The standard InChI is InChI=1S/C13H11ClN4O/c14-11-5-4-10(15)7-9(11)8-18-13(19)17-6-2-1-3-12(17)16-18/h1-7H,8,15H2. The van der Waals surface area contributed by atoms with Gasteiger partial charge in [-0.3, -0.25) is 4.40 Å². The molecule has 19 heavy (non-hydrogen) atoms. The lowest BCUT2D eigenvalue weighted by atomic mass is 10.2. The van der Waals surface area contributed by atoms with Crippen LogP contribution in [0.4, 0.5) is 5.69 Å². The summed E-state index contributed by atoms with van der Waals surface area (Å²) in [6.07, 6.45) is 1.68. The summed E-state index contributed by atoms with van der Waals surface area (Å²) in [5.41, 5.74) is 7.51. The van der Waals surface area contributed by atoms with Crippen molar-refractivity contribution in [3.05, 3.63) is 63.7 Å². The first-order valence-electron chi connectivity index (χ1n) is 5.73. The molecule has 0 aliphatic carbocycles. The van der Waals surface area contributed by atoms with Crippen LogP contribution in [0, 0.1) is 0 Å². The number of nitrogens with two attached hydrogens (primary N) is 1. The Morgan fingerprint density at radius 1 is 1.26 bits per heavy atom. The summed E-state index contributed by atoms with van der Waals surface area (Å²) in [5, 5.41) is 4.81. The predicted molar refractivity (Wildman–Crippen MR) is 74.4 cm³/mol. The van der Waals surface area contributed by atoms with Crippen molar-refractivity contribution in [1.29, 1.82) is 0 Å². The highest BCUT2D eigenvalue weighted by Crippen LogP contribution is 2.19. The molecule has 0 bridgehead atoms. The molecule has 0 aliphatic heterocycles. The van der Waals surface area contributed by atoms with Gasteiger partial charge in [0.1, 0.15) is 0 Å². The maximum Gasteiger partial charge on any atom is 0.350 e. The normalized spacial score (nSPS) is 11.0. The van der Waals surface area contributed by atoms with Crippen molar-refractivity contribution in [3.63, 3.8) is 0 Å². The highest BCUT2D eigenvalue weighted by atomic mass is 35.5. The summed E-state index contributed by atoms with van der Waals surface area (Å²) < 4.78 is 2.86. The summed E-state index contributed by atoms with van der Waals surface area (Å²) in [6, 6.07) is 10.6. The monoisotopic (exact) mass is 274 g/mol. The van der Waals surface area contributed by atoms with E-state index in [0.717, 1.165) is 5.56 Å².